The summed E-state index contributed by atoms with van der Waals surface area (Å²) in [6.45, 7) is 0. The molecule has 0 saturated heterocycles. The first-order valence-corrected chi connectivity index (χ1v) is 9.98. The standard InChI is InChI=1S/C18H13F5N2O5S/c19-12-8-14(13(20)7-11(12)16(27)28)25-31(29,30)10-3-1-9(2-4-10)15(26)24-17(5-6-17)18(21,22)23/h1-4,7-8,25H,5-6H2,(H,24,26)(H,27,28). The Morgan fingerprint density at radius 1 is 1.00 bits per heavy atom. The number of hydrogen-bond acceptors (Lipinski definition) is 4. The molecule has 1 amide bonds. The van der Waals surface area contributed by atoms with Crippen molar-refractivity contribution in [3.05, 3.63) is 59.2 Å². The van der Waals surface area contributed by atoms with Gasteiger partial charge in [0.1, 0.15) is 17.2 Å². The zero-order valence-corrected chi connectivity index (χ0v) is 16.1. The number of anilines is 1. The summed E-state index contributed by atoms with van der Waals surface area (Å²) in [5.74, 6) is -5.53. The summed E-state index contributed by atoms with van der Waals surface area (Å²) in [5, 5.41) is 10.6. The lowest BCUT2D eigenvalue weighted by Crippen LogP contribution is -2.47. The highest BCUT2D eigenvalue weighted by molar-refractivity contribution is 7.92. The first kappa shape index (κ1) is 22.5. The van der Waals surface area contributed by atoms with Crippen molar-refractivity contribution in [3.63, 3.8) is 0 Å². The Labute approximate surface area is 171 Å². The van der Waals surface area contributed by atoms with Crippen LogP contribution < -0.4 is 10.0 Å². The van der Waals surface area contributed by atoms with E-state index in [-0.39, 0.29) is 18.4 Å². The molecule has 1 fully saturated rings. The molecule has 0 atom stereocenters. The summed E-state index contributed by atoms with van der Waals surface area (Å²) in [6, 6.07) is 4.36. The van der Waals surface area contributed by atoms with Gasteiger partial charge in [-0.1, -0.05) is 0 Å². The topological polar surface area (TPSA) is 113 Å². The van der Waals surface area contributed by atoms with Gasteiger partial charge in [0.2, 0.25) is 0 Å². The molecule has 3 N–H and O–H groups in total. The summed E-state index contributed by atoms with van der Waals surface area (Å²) in [4.78, 5) is 22.3. The molecule has 0 heterocycles. The molecule has 0 radical (unpaired) electrons. The molecule has 2 aromatic rings. The number of carboxylic acids is 1. The normalized spacial score (nSPS) is 15.3. The summed E-state index contributed by atoms with van der Waals surface area (Å²) < 4.78 is 93.0. The largest absolute Gasteiger partial charge is 0.478 e. The highest BCUT2D eigenvalue weighted by Crippen LogP contribution is 2.49. The number of rotatable bonds is 6. The maximum absolute atomic E-state index is 14.0. The molecule has 0 spiro atoms. The molecule has 1 saturated carbocycles. The number of alkyl halides is 3. The monoisotopic (exact) mass is 464 g/mol. The van der Waals surface area contributed by atoms with Crippen molar-refractivity contribution >= 4 is 27.6 Å². The van der Waals surface area contributed by atoms with Crippen LogP contribution in [-0.4, -0.2) is 37.1 Å². The van der Waals surface area contributed by atoms with Crippen LogP contribution in [0, 0.1) is 11.6 Å². The molecule has 2 aromatic carbocycles. The molecule has 166 valence electrons. The second kappa shape index (κ2) is 7.48. The van der Waals surface area contributed by atoms with Crippen molar-refractivity contribution in [3.8, 4) is 0 Å². The van der Waals surface area contributed by atoms with Crippen LogP contribution >= 0.6 is 0 Å². The Kier molecular flexibility index (Phi) is 5.42. The molecule has 0 unspecified atom stereocenters. The van der Waals surface area contributed by atoms with Gasteiger partial charge in [0, 0.05) is 11.6 Å². The molecule has 3 rings (SSSR count). The van der Waals surface area contributed by atoms with Gasteiger partial charge in [-0.3, -0.25) is 9.52 Å². The Bertz CT molecular complexity index is 1160. The number of halogens is 5. The van der Waals surface area contributed by atoms with E-state index in [1.54, 1.807) is 4.72 Å². The molecular formula is C18H13F5N2O5S. The molecular weight excluding hydrogens is 451 g/mol. The van der Waals surface area contributed by atoms with Gasteiger partial charge in [-0.25, -0.2) is 22.0 Å². The fraction of sp³-hybridized carbons (Fsp3) is 0.222. The predicted molar refractivity (Wildman–Crippen MR) is 96.1 cm³/mol. The zero-order valence-electron chi connectivity index (χ0n) is 15.3. The lowest BCUT2D eigenvalue weighted by atomic mass is 10.2. The number of aromatic carboxylic acids is 1. The highest BCUT2D eigenvalue weighted by atomic mass is 32.2. The summed E-state index contributed by atoms with van der Waals surface area (Å²) in [5.41, 5.74) is -4.38. The van der Waals surface area contributed by atoms with E-state index in [0.717, 1.165) is 24.3 Å². The van der Waals surface area contributed by atoms with Crippen molar-refractivity contribution in [2.24, 2.45) is 0 Å². The Morgan fingerprint density at radius 2 is 1.58 bits per heavy atom. The summed E-state index contributed by atoms with van der Waals surface area (Å²) in [7, 11) is -4.49. The second-order valence-electron chi connectivity index (χ2n) is 6.78. The van der Waals surface area contributed by atoms with Gasteiger partial charge in [-0.05, 0) is 43.2 Å². The quantitative estimate of drug-likeness (QED) is 0.568. The highest BCUT2D eigenvalue weighted by Gasteiger charge is 2.64. The number of hydrogen-bond donors (Lipinski definition) is 3. The maximum atomic E-state index is 14.0. The number of carbonyl (C=O) groups excluding carboxylic acids is 1. The van der Waals surface area contributed by atoms with Crippen molar-refractivity contribution in [2.75, 3.05) is 4.72 Å². The van der Waals surface area contributed by atoms with Crippen LogP contribution in [0.5, 0.6) is 0 Å². The number of sulfonamides is 1. The van der Waals surface area contributed by atoms with Gasteiger partial charge in [0.15, 0.2) is 0 Å². The predicted octanol–water partition coefficient (Wildman–Crippen LogP) is 3.29. The second-order valence-corrected chi connectivity index (χ2v) is 8.46. The van der Waals surface area contributed by atoms with Crippen LogP contribution in [0.3, 0.4) is 0 Å². The third kappa shape index (κ3) is 4.45. The number of carboxylic acid groups (broad SMARTS) is 1. The maximum Gasteiger partial charge on any atom is 0.411 e. The van der Waals surface area contributed by atoms with E-state index in [9.17, 15) is 40.0 Å². The van der Waals surface area contributed by atoms with Gasteiger partial charge in [0.05, 0.1) is 16.1 Å². The third-order valence-corrected chi connectivity index (χ3v) is 5.99. The van der Waals surface area contributed by atoms with Crippen LogP contribution in [0.4, 0.5) is 27.6 Å². The Hall–Kier alpha value is -3.22. The van der Waals surface area contributed by atoms with Crippen LogP contribution in [-0.2, 0) is 10.0 Å². The van der Waals surface area contributed by atoms with Crippen molar-refractivity contribution < 1.29 is 45.1 Å². The number of benzene rings is 2. The van der Waals surface area contributed by atoms with Gasteiger partial charge in [-0.2, -0.15) is 13.2 Å². The average Bonchev–Trinajstić information content (AvgIpc) is 3.45. The lowest BCUT2D eigenvalue weighted by molar-refractivity contribution is -0.163. The van der Waals surface area contributed by atoms with Crippen LogP contribution in [0.15, 0.2) is 41.3 Å². The van der Waals surface area contributed by atoms with Gasteiger partial charge in [-0.15, -0.1) is 0 Å². The van der Waals surface area contributed by atoms with Crippen LogP contribution in [0.25, 0.3) is 0 Å². The van der Waals surface area contributed by atoms with Gasteiger partial charge < -0.3 is 10.4 Å². The molecule has 0 aliphatic heterocycles. The third-order valence-electron chi connectivity index (χ3n) is 4.60. The minimum Gasteiger partial charge on any atom is -0.478 e. The van der Waals surface area contributed by atoms with E-state index in [2.05, 4.69) is 0 Å². The number of nitrogens with one attached hydrogen (secondary N) is 2. The molecule has 0 bridgehead atoms. The number of amides is 1. The van der Waals surface area contributed by atoms with Gasteiger partial charge in [0.25, 0.3) is 15.9 Å². The first-order valence-electron chi connectivity index (χ1n) is 8.50. The molecule has 1 aliphatic rings. The Morgan fingerprint density at radius 3 is 2.06 bits per heavy atom. The first-order chi connectivity index (χ1) is 14.3. The molecule has 7 nitrogen and oxygen atoms in total. The minimum absolute atomic E-state index is 0.238. The molecule has 31 heavy (non-hydrogen) atoms. The van der Waals surface area contributed by atoms with Crippen molar-refractivity contribution in [2.45, 2.75) is 29.5 Å². The molecule has 13 heteroatoms. The van der Waals surface area contributed by atoms with E-state index >= 15 is 0 Å². The van der Waals surface area contributed by atoms with Crippen molar-refractivity contribution in [1.29, 1.82) is 0 Å². The van der Waals surface area contributed by atoms with E-state index in [4.69, 9.17) is 5.11 Å². The van der Waals surface area contributed by atoms with Gasteiger partial charge >= 0.3 is 12.1 Å². The Balaban J connectivity index is 1.78. The number of carbonyl (C=O) groups is 2. The SMILES string of the molecule is O=C(NC1(C(F)(F)F)CC1)c1ccc(S(=O)(=O)Nc2cc(F)c(C(=O)O)cc2F)cc1. The fourth-order valence-electron chi connectivity index (χ4n) is 2.67. The zero-order chi connectivity index (χ0) is 23.2. The van der Waals surface area contributed by atoms with E-state index < -0.39 is 61.4 Å². The van der Waals surface area contributed by atoms with E-state index in [0.29, 0.717) is 12.1 Å². The van der Waals surface area contributed by atoms with Crippen molar-refractivity contribution in [1.82, 2.24) is 5.32 Å². The average molecular weight is 464 g/mol. The smallest absolute Gasteiger partial charge is 0.411 e. The lowest BCUT2D eigenvalue weighted by Gasteiger charge is -2.20. The van der Waals surface area contributed by atoms with E-state index in [1.807, 2.05) is 5.32 Å². The van der Waals surface area contributed by atoms with Crippen LogP contribution in [0.1, 0.15) is 33.6 Å². The minimum atomic E-state index is -4.62. The summed E-state index contributed by atoms with van der Waals surface area (Å²) >= 11 is 0. The van der Waals surface area contributed by atoms with Crippen LogP contribution in [0.2, 0.25) is 0 Å². The molecule has 0 aromatic heterocycles. The van der Waals surface area contributed by atoms with E-state index in [1.165, 1.54) is 0 Å². The molecule has 1 aliphatic carbocycles. The fourth-order valence-corrected chi connectivity index (χ4v) is 3.73. The summed E-state index contributed by atoms with van der Waals surface area (Å²) in [6.07, 6.45) is -5.14.